The van der Waals surface area contributed by atoms with E-state index in [0.717, 1.165) is 17.3 Å². The minimum Gasteiger partial charge on any atom is -0.381 e. The van der Waals surface area contributed by atoms with E-state index in [0.29, 0.717) is 0 Å². The first-order valence-corrected chi connectivity index (χ1v) is 6.50. The number of hydrogen-bond donors (Lipinski definition) is 1. The second-order valence-corrected chi connectivity index (χ2v) is 5.16. The average Bonchev–Trinajstić information content (AvgIpc) is 2.34. The summed E-state index contributed by atoms with van der Waals surface area (Å²) in [5.41, 5.74) is 6.46. The first-order chi connectivity index (χ1) is 8.56. The molecule has 2 aromatic rings. The largest absolute Gasteiger partial charge is 0.381 e. The Labute approximate surface area is 114 Å². The van der Waals surface area contributed by atoms with E-state index in [1.54, 1.807) is 0 Å². The minimum absolute atomic E-state index is 0.767. The van der Waals surface area contributed by atoms with E-state index in [9.17, 15) is 0 Å². The van der Waals surface area contributed by atoms with Gasteiger partial charge in [0.15, 0.2) is 0 Å². The molecule has 2 aromatic carbocycles. The van der Waals surface area contributed by atoms with E-state index < -0.39 is 0 Å². The van der Waals surface area contributed by atoms with Gasteiger partial charge in [0, 0.05) is 17.3 Å². The van der Waals surface area contributed by atoms with Crippen LogP contribution in [-0.4, -0.2) is 0 Å². The fourth-order valence-electron chi connectivity index (χ4n) is 1.98. The lowest BCUT2D eigenvalue weighted by atomic mass is 10.0. The highest BCUT2D eigenvalue weighted by atomic mass is 35.5. The van der Waals surface area contributed by atoms with Crippen LogP contribution in [0.3, 0.4) is 0 Å². The van der Waals surface area contributed by atoms with Crippen LogP contribution in [0.5, 0.6) is 0 Å². The molecular weight excluding hydrogens is 242 g/mol. The Kier molecular flexibility index (Phi) is 3.93. The summed E-state index contributed by atoms with van der Waals surface area (Å²) in [6, 6.07) is 12.3. The van der Waals surface area contributed by atoms with Gasteiger partial charge in [-0.05, 0) is 67.3 Å². The third-order valence-electron chi connectivity index (χ3n) is 3.28. The van der Waals surface area contributed by atoms with Crippen molar-refractivity contribution in [3.8, 4) is 0 Å². The Morgan fingerprint density at radius 1 is 0.889 bits per heavy atom. The normalized spacial score (nSPS) is 10.4. The SMILES string of the molecule is Cc1cc(C)c(CNc2ccc(Cl)cc2)cc1C. The van der Waals surface area contributed by atoms with E-state index in [-0.39, 0.29) is 0 Å². The molecule has 0 unspecified atom stereocenters. The molecule has 0 radical (unpaired) electrons. The molecule has 2 rings (SSSR count). The highest BCUT2D eigenvalue weighted by Crippen LogP contribution is 2.18. The van der Waals surface area contributed by atoms with E-state index in [1.807, 2.05) is 24.3 Å². The molecule has 2 heteroatoms. The van der Waals surface area contributed by atoms with Gasteiger partial charge in [-0.25, -0.2) is 0 Å². The van der Waals surface area contributed by atoms with Gasteiger partial charge >= 0.3 is 0 Å². The maximum atomic E-state index is 5.86. The monoisotopic (exact) mass is 259 g/mol. The van der Waals surface area contributed by atoms with Crippen molar-refractivity contribution in [1.29, 1.82) is 0 Å². The number of aryl methyl sites for hydroxylation is 3. The maximum absolute atomic E-state index is 5.86. The molecule has 0 spiro atoms. The summed E-state index contributed by atoms with van der Waals surface area (Å²) in [5.74, 6) is 0. The predicted molar refractivity (Wildman–Crippen MR) is 79.4 cm³/mol. The molecule has 0 bridgehead atoms. The van der Waals surface area contributed by atoms with Crippen molar-refractivity contribution >= 4 is 17.3 Å². The van der Waals surface area contributed by atoms with Crippen molar-refractivity contribution < 1.29 is 0 Å². The lowest BCUT2D eigenvalue weighted by molar-refractivity contribution is 1.10. The van der Waals surface area contributed by atoms with Crippen molar-refractivity contribution in [2.24, 2.45) is 0 Å². The molecule has 0 aromatic heterocycles. The van der Waals surface area contributed by atoms with E-state index in [1.165, 1.54) is 22.3 Å². The van der Waals surface area contributed by atoms with Gasteiger partial charge in [0.2, 0.25) is 0 Å². The quantitative estimate of drug-likeness (QED) is 0.829. The molecular formula is C16H18ClN. The highest BCUT2D eigenvalue weighted by molar-refractivity contribution is 6.30. The van der Waals surface area contributed by atoms with Gasteiger partial charge in [-0.3, -0.25) is 0 Å². The number of benzene rings is 2. The zero-order valence-corrected chi connectivity index (χ0v) is 11.8. The van der Waals surface area contributed by atoms with Crippen LogP contribution in [0.4, 0.5) is 5.69 Å². The standard InChI is InChI=1S/C16H18ClN/c1-11-8-13(3)14(9-12(11)2)10-18-16-6-4-15(17)5-7-16/h4-9,18H,10H2,1-3H3. The van der Waals surface area contributed by atoms with Gasteiger partial charge < -0.3 is 5.32 Å². The molecule has 1 N–H and O–H groups in total. The molecule has 0 saturated heterocycles. The molecule has 0 aliphatic heterocycles. The Balaban J connectivity index is 2.10. The van der Waals surface area contributed by atoms with Crippen LogP contribution in [0, 0.1) is 20.8 Å². The van der Waals surface area contributed by atoms with Crippen LogP contribution in [0.25, 0.3) is 0 Å². The summed E-state index contributed by atoms with van der Waals surface area (Å²) in [4.78, 5) is 0. The number of anilines is 1. The van der Waals surface area contributed by atoms with Gasteiger partial charge in [-0.1, -0.05) is 23.7 Å². The number of rotatable bonds is 3. The van der Waals surface area contributed by atoms with Crippen LogP contribution < -0.4 is 5.32 Å². The Morgan fingerprint density at radius 3 is 2.17 bits per heavy atom. The zero-order chi connectivity index (χ0) is 13.1. The predicted octanol–water partition coefficient (Wildman–Crippen LogP) is 4.88. The first kappa shape index (κ1) is 13.0. The van der Waals surface area contributed by atoms with E-state index in [2.05, 4.69) is 38.2 Å². The third kappa shape index (κ3) is 3.05. The van der Waals surface area contributed by atoms with Crippen LogP contribution in [-0.2, 0) is 6.54 Å². The lowest BCUT2D eigenvalue weighted by Gasteiger charge is -2.12. The summed E-state index contributed by atoms with van der Waals surface area (Å²) in [6.45, 7) is 7.30. The smallest absolute Gasteiger partial charge is 0.0407 e. The summed E-state index contributed by atoms with van der Waals surface area (Å²) >= 11 is 5.86. The van der Waals surface area contributed by atoms with Crippen molar-refractivity contribution in [2.45, 2.75) is 27.3 Å². The second-order valence-electron chi connectivity index (χ2n) is 4.72. The zero-order valence-electron chi connectivity index (χ0n) is 11.0. The van der Waals surface area contributed by atoms with Gasteiger partial charge in [0.1, 0.15) is 0 Å². The lowest BCUT2D eigenvalue weighted by Crippen LogP contribution is -2.02. The van der Waals surface area contributed by atoms with Gasteiger partial charge in [-0.2, -0.15) is 0 Å². The minimum atomic E-state index is 0.767. The maximum Gasteiger partial charge on any atom is 0.0407 e. The highest BCUT2D eigenvalue weighted by Gasteiger charge is 2.02. The second kappa shape index (κ2) is 5.45. The third-order valence-corrected chi connectivity index (χ3v) is 3.53. The summed E-state index contributed by atoms with van der Waals surface area (Å²) in [7, 11) is 0. The van der Waals surface area contributed by atoms with Crippen LogP contribution in [0.2, 0.25) is 5.02 Å². The number of halogens is 1. The van der Waals surface area contributed by atoms with Crippen molar-refractivity contribution in [3.05, 3.63) is 63.7 Å². The average molecular weight is 260 g/mol. The number of hydrogen-bond acceptors (Lipinski definition) is 1. The molecule has 0 aliphatic rings. The van der Waals surface area contributed by atoms with Gasteiger partial charge in [0.25, 0.3) is 0 Å². The fraction of sp³-hybridized carbons (Fsp3) is 0.250. The summed E-state index contributed by atoms with van der Waals surface area (Å²) in [6.07, 6.45) is 0. The Hall–Kier alpha value is -1.47. The molecule has 0 heterocycles. The molecule has 0 amide bonds. The number of nitrogens with one attached hydrogen (secondary N) is 1. The molecule has 0 fully saturated rings. The van der Waals surface area contributed by atoms with Gasteiger partial charge in [0.05, 0.1) is 0 Å². The van der Waals surface area contributed by atoms with Crippen LogP contribution in [0.15, 0.2) is 36.4 Å². The van der Waals surface area contributed by atoms with Crippen LogP contribution >= 0.6 is 11.6 Å². The molecule has 1 nitrogen and oxygen atoms in total. The first-order valence-electron chi connectivity index (χ1n) is 6.12. The Bertz CT molecular complexity index is 544. The topological polar surface area (TPSA) is 12.0 Å². The van der Waals surface area contributed by atoms with Crippen molar-refractivity contribution in [3.63, 3.8) is 0 Å². The van der Waals surface area contributed by atoms with E-state index in [4.69, 9.17) is 11.6 Å². The van der Waals surface area contributed by atoms with Crippen LogP contribution in [0.1, 0.15) is 22.3 Å². The fourth-order valence-corrected chi connectivity index (χ4v) is 2.10. The summed E-state index contributed by atoms with van der Waals surface area (Å²) in [5, 5.41) is 4.18. The van der Waals surface area contributed by atoms with E-state index >= 15 is 0 Å². The molecule has 0 aliphatic carbocycles. The molecule has 0 atom stereocenters. The molecule has 94 valence electrons. The Morgan fingerprint density at radius 2 is 1.50 bits per heavy atom. The van der Waals surface area contributed by atoms with Crippen molar-refractivity contribution in [2.75, 3.05) is 5.32 Å². The molecule has 0 saturated carbocycles. The summed E-state index contributed by atoms with van der Waals surface area (Å²) < 4.78 is 0. The molecule has 18 heavy (non-hydrogen) atoms. The van der Waals surface area contributed by atoms with Crippen molar-refractivity contribution in [1.82, 2.24) is 0 Å². The van der Waals surface area contributed by atoms with Gasteiger partial charge in [-0.15, -0.1) is 0 Å².